The summed E-state index contributed by atoms with van der Waals surface area (Å²) < 4.78 is 0. The van der Waals surface area contributed by atoms with Crippen molar-refractivity contribution in [2.75, 3.05) is 0 Å². The Hall–Kier alpha value is -2.62. The maximum Gasteiger partial charge on any atom is 0.217 e. The fraction of sp³-hybridized carbons (Fsp3) is 0.176. The van der Waals surface area contributed by atoms with Crippen LogP contribution in [0.5, 0.6) is 5.75 Å². The molecule has 2 N–H and O–H groups in total. The highest BCUT2D eigenvalue weighted by atomic mass is 16.3. The Morgan fingerprint density at radius 2 is 1.67 bits per heavy atom. The van der Waals surface area contributed by atoms with E-state index >= 15 is 0 Å². The van der Waals surface area contributed by atoms with Crippen LogP contribution < -0.4 is 5.32 Å². The maximum atomic E-state index is 12.5. The molecule has 2 rings (SSSR count). The molecule has 0 fully saturated rings. The number of carbonyl (C=O) groups is 2. The van der Waals surface area contributed by atoms with Crippen LogP contribution >= 0.6 is 0 Å². The lowest BCUT2D eigenvalue weighted by molar-refractivity contribution is -0.119. The van der Waals surface area contributed by atoms with Crippen LogP contribution in [-0.4, -0.2) is 22.8 Å². The van der Waals surface area contributed by atoms with Crippen molar-refractivity contribution in [1.29, 1.82) is 0 Å². The van der Waals surface area contributed by atoms with Crippen LogP contribution in [0, 0.1) is 0 Å². The van der Waals surface area contributed by atoms with Gasteiger partial charge in [0, 0.05) is 18.9 Å². The first kappa shape index (κ1) is 14.8. The average Bonchev–Trinajstić information content (AvgIpc) is 2.48. The highest BCUT2D eigenvalue weighted by Crippen LogP contribution is 2.13. The molecule has 0 spiro atoms. The van der Waals surface area contributed by atoms with Gasteiger partial charge < -0.3 is 10.4 Å². The van der Waals surface area contributed by atoms with Crippen molar-refractivity contribution < 1.29 is 14.7 Å². The van der Waals surface area contributed by atoms with Crippen molar-refractivity contribution in [3.05, 3.63) is 65.7 Å². The highest BCUT2D eigenvalue weighted by Gasteiger charge is 2.21. The number of phenols is 1. The van der Waals surface area contributed by atoms with Gasteiger partial charge in [0.05, 0.1) is 6.04 Å². The van der Waals surface area contributed by atoms with Crippen molar-refractivity contribution >= 4 is 11.7 Å². The molecule has 0 aliphatic heterocycles. The molecule has 21 heavy (non-hydrogen) atoms. The Balaban J connectivity index is 2.20. The Bertz CT molecular complexity index is 620. The third-order valence-electron chi connectivity index (χ3n) is 3.13. The van der Waals surface area contributed by atoms with E-state index in [4.69, 9.17) is 0 Å². The molecule has 0 unspecified atom stereocenters. The van der Waals surface area contributed by atoms with Crippen LogP contribution in [0.1, 0.15) is 22.8 Å². The molecular weight excluding hydrogens is 266 g/mol. The Kier molecular flexibility index (Phi) is 4.72. The van der Waals surface area contributed by atoms with Gasteiger partial charge in [-0.25, -0.2) is 0 Å². The molecule has 0 bridgehead atoms. The first-order chi connectivity index (χ1) is 10.1. The van der Waals surface area contributed by atoms with E-state index in [1.165, 1.54) is 6.92 Å². The number of phenolic OH excluding ortho intramolecular Hbond substituents is 1. The first-order valence-corrected chi connectivity index (χ1v) is 6.70. The molecule has 4 heteroatoms. The van der Waals surface area contributed by atoms with Gasteiger partial charge in [0.25, 0.3) is 0 Å². The quantitative estimate of drug-likeness (QED) is 0.828. The van der Waals surface area contributed by atoms with Gasteiger partial charge in [-0.3, -0.25) is 9.59 Å². The number of rotatable bonds is 5. The first-order valence-electron chi connectivity index (χ1n) is 6.70. The van der Waals surface area contributed by atoms with E-state index in [2.05, 4.69) is 5.32 Å². The van der Waals surface area contributed by atoms with Gasteiger partial charge in [-0.2, -0.15) is 0 Å². The van der Waals surface area contributed by atoms with Crippen molar-refractivity contribution in [3.8, 4) is 5.75 Å². The monoisotopic (exact) mass is 283 g/mol. The van der Waals surface area contributed by atoms with E-state index in [9.17, 15) is 14.7 Å². The van der Waals surface area contributed by atoms with Crippen LogP contribution in [0.3, 0.4) is 0 Å². The third-order valence-corrected chi connectivity index (χ3v) is 3.13. The number of benzene rings is 2. The SMILES string of the molecule is CC(=O)N[C@@H](Cc1ccc(O)cc1)C(=O)c1ccccc1. The second-order valence-electron chi connectivity index (χ2n) is 4.85. The van der Waals surface area contributed by atoms with E-state index < -0.39 is 6.04 Å². The van der Waals surface area contributed by atoms with Gasteiger partial charge in [-0.05, 0) is 17.7 Å². The van der Waals surface area contributed by atoms with Gasteiger partial charge in [0.1, 0.15) is 5.75 Å². The molecular formula is C17H17NO3. The van der Waals surface area contributed by atoms with Crippen molar-refractivity contribution in [1.82, 2.24) is 5.32 Å². The molecule has 2 aromatic rings. The number of carbonyl (C=O) groups excluding carboxylic acids is 2. The average molecular weight is 283 g/mol. The van der Waals surface area contributed by atoms with Crippen molar-refractivity contribution in [2.45, 2.75) is 19.4 Å². The summed E-state index contributed by atoms with van der Waals surface area (Å²) in [5.41, 5.74) is 1.44. The number of hydrogen-bond acceptors (Lipinski definition) is 3. The third kappa shape index (κ3) is 4.18. The number of nitrogens with one attached hydrogen (secondary N) is 1. The zero-order chi connectivity index (χ0) is 15.2. The molecule has 0 saturated heterocycles. The number of Topliss-reactive ketones (excluding diaryl/α,β-unsaturated/α-hetero) is 1. The van der Waals surface area contributed by atoms with Crippen LogP contribution in [-0.2, 0) is 11.2 Å². The fourth-order valence-electron chi connectivity index (χ4n) is 2.13. The number of aromatic hydroxyl groups is 1. The molecule has 0 heterocycles. The van der Waals surface area contributed by atoms with E-state index in [1.54, 1.807) is 48.5 Å². The molecule has 0 radical (unpaired) electrons. The molecule has 0 saturated carbocycles. The van der Waals surface area contributed by atoms with Crippen LogP contribution in [0.15, 0.2) is 54.6 Å². The molecule has 4 nitrogen and oxygen atoms in total. The number of hydrogen-bond donors (Lipinski definition) is 2. The minimum atomic E-state index is -0.616. The fourth-order valence-corrected chi connectivity index (χ4v) is 2.13. The maximum absolute atomic E-state index is 12.5. The summed E-state index contributed by atoms with van der Waals surface area (Å²) >= 11 is 0. The summed E-state index contributed by atoms with van der Waals surface area (Å²) in [7, 11) is 0. The second-order valence-corrected chi connectivity index (χ2v) is 4.85. The summed E-state index contributed by atoms with van der Waals surface area (Å²) in [6, 6.07) is 14.9. The normalized spacial score (nSPS) is 11.7. The summed E-state index contributed by atoms with van der Waals surface area (Å²) in [5.74, 6) is -0.203. The van der Waals surface area contributed by atoms with Crippen LogP contribution in [0.4, 0.5) is 0 Å². The smallest absolute Gasteiger partial charge is 0.217 e. The topological polar surface area (TPSA) is 66.4 Å². The largest absolute Gasteiger partial charge is 0.508 e. The summed E-state index contributed by atoms with van der Waals surface area (Å²) in [6.45, 7) is 1.39. The lowest BCUT2D eigenvalue weighted by atomic mass is 9.97. The van der Waals surface area contributed by atoms with Crippen LogP contribution in [0.2, 0.25) is 0 Å². The molecule has 0 aliphatic carbocycles. The highest BCUT2D eigenvalue weighted by molar-refractivity contribution is 6.01. The predicted molar refractivity (Wildman–Crippen MR) is 80.2 cm³/mol. The summed E-state index contributed by atoms with van der Waals surface area (Å²) in [6.07, 6.45) is 0.383. The van der Waals surface area contributed by atoms with E-state index in [1.807, 2.05) is 6.07 Å². The van der Waals surface area contributed by atoms with E-state index in [0.717, 1.165) is 5.56 Å². The molecule has 2 aromatic carbocycles. The molecule has 0 aromatic heterocycles. The van der Waals surface area contributed by atoms with E-state index in [0.29, 0.717) is 12.0 Å². The number of amides is 1. The van der Waals surface area contributed by atoms with Gasteiger partial charge >= 0.3 is 0 Å². The minimum Gasteiger partial charge on any atom is -0.508 e. The molecule has 1 amide bonds. The van der Waals surface area contributed by atoms with E-state index in [-0.39, 0.29) is 17.4 Å². The lowest BCUT2D eigenvalue weighted by Crippen LogP contribution is -2.41. The number of ketones is 1. The Morgan fingerprint density at radius 3 is 2.24 bits per heavy atom. The summed E-state index contributed by atoms with van der Waals surface area (Å²) in [4.78, 5) is 23.8. The van der Waals surface area contributed by atoms with Crippen LogP contribution in [0.25, 0.3) is 0 Å². The standard InChI is InChI=1S/C17H17NO3/c1-12(19)18-16(11-13-7-9-15(20)10-8-13)17(21)14-5-3-2-4-6-14/h2-10,16,20H,11H2,1H3,(H,18,19)/t16-/m0/s1. The Morgan fingerprint density at radius 1 is 1.05 bits per heavy atom. The van der Waals surface area contributed by atoms with Gasteiger partial charge in [0.2, 0.25) is 5.91 Å². The van der Waals surface area contributed by atoms with Gasteiger partial charge in [-0.1, -0.05) is 42.5 Å². The summed E-state index contributed by atoms with van der Waals surface area (Å²) in [5, 5.41) is 12.0. The molecule has 1 atom stereocenters. The lowest BCUT2D eigenvalue weighted by Gasteiger charge is -2.17. The van der Waals surface area contributed by atoms with Gasteiger partial charge in [-0.15, -0.1) is 0 Å². The van der Waals surface area contributed by atoms with Gasteiger partial charge in [0.15, 0.2) is 5.78 Å². The molecule has 0 aliphatic rings. The predicted octanol–water partition coefficient (Wildman–Crippen LogP) is 2.32. The zero-order valence-electron chi connectivity index (χ0n) is 11.7. The molecule has 108 valence electrons. The zero-order valence-corrected chi connectivity index (χ0v) is 11.7. The van der Waals surface area contributed by atoms with Crippen molar-refractivity contribution in [3.63, 3.8) is 0 Å². The Labute approximate surface area is 123 Å². The minimum absolute atomic E-state index is 0.126. The van der Waals surface area contributed by atoms with Crippen molar-refractivity contribution in [2.24, 2.45) is 0 Å². The second kappa shape index (κ2) is 6.70.